The van der Waals surface area contributed by atoms with Gasteiger partial charge in [0.25, 0.3) is 0 Å². The fourth-order valence-electron chi connectivity index (χ4n) is 6.65. The van der Waals surface area contributed by atoms with E-state index in [2.05, 4.69) is 40.0 Å². The lowest BCUT2D eigenvalue weighted by molar-refractivity contribution is -0.686. The molecular weight excluding hydrogens is 707 g/mol. The van der Waals surface area contributed by atoms with Crippen molar-refractivity contribution in [3.63, 3.8) is 0 Å². The summed E-state index contributed by atoms with van der Waals surface area (Å²) in [6.45, 7) is 1.21. The first-order chi connectivity index (χ1) is 24.5. The molecule has 6 aromatic rings. The van der Waals surface area contributed by atoms with Crippen LogP contribution in [-0.4, -0.2) is 54.4 Å². The lowest BCUT2D eigenvalue weighted by Crippen LogP contribution is -2.40. The van der Waals surface area contributed by atoms with Crippen LogP contribution < -0.4 is 42.5 Å². The second-order valence-electron chi connectivity index (χ2n) is 11.8. The second-order valence-corrected chi connectivity index (χ2v) is 11.8. The number of methoxy groups -OCH3 is 6. The minimum Gasteiger partial charge on any atom is -0.493 e. The Morgan fingerprint density at radius 1 is 0.635 bits per heavy atom. The van der Waals surface area contributed by atoms with Crippen LogP contribution >= 0.6 is 24.8 Å². The van der Waals surface area contributed by atoms with Crippen molar-refractivity contribution in [2.45, 2.75) is 19.4 Å². The largest absolute Gasteiger partial charge is 0.493 e. The number of benzene rings is 4. The lowest BCUT2D eigenvalue weighted by Gasteiger charge is -2.17. The molecule has 0 saturated carbocycles. The molecule has 2 aromatic heterocycles. The predicted molar refractivity (Wildman–Crippen MR) is 204 cm³/mol. The van der Waals surface area contributed by atoms with Gasteiger partial charge in [-0.2, -0.15) is 4.57 Å². The molecular formula is C40H41Cl2N2O8+. The molecule has 10 nitrogen and oxygen atoms in total. The third-order valence-electron chi connectivity index (χ3n) is 9.17. The molecule has 0 radical (unpaired) electrons. The van der Waals surface area contributed by atoms with Crippen LogP contribution in [-0.2, 0) is 19.4 Å². The van der Waals surface area contributed by atoms with Crippen LogP contribution in [0.1, 0.15) is 16.8 Å². The highest BCUT2D eigenvalue weighted by Crippen LogP contribution is 2.42. The molecule has 4 aromatic carbocycles. The maximum absolute atomic E-state index is 5.60. The van der Waals surface area contributed by atoms with Gasteiger partial charge in [0.2, 0.25) is 12.5 Å². The summed E-state index contributed by atoms with van der Waals surface area (Å²) in [5.41, 5.74) is 5.73. The molecule has 272 valence electrons. The molecule has 0 saturated heterocycles. The Labute approximate surface area is 314 Å². The topological polar surface area (TPSA) is 90.6 Å². The third kappa shape index (κ3) is 7.09. The van der Waals surface area contributed by atoms with Gasteiger partial charge < -0.3 is 37.9 Å². The fourth-order valence-corrected chi connectivity index (χ4v) is 6.65. The highest BCUT2D eigenvalue weighted by Gasteiger charge is 2.28. The molecule has 0 N–H and O–H groups in total. The van der Waals surface area contributed by atoms with Gasteiger partial charge in [0.15, 0.2) is 58.7 Å². The Bertz CT molecular complexity index is 2230. The first-order valence-electron chi connectivity index (χ1n) is 16.2. The van der Waals surface area contributed by atoms with E-state index in [4.69, 9.17) is 37.9 Å². The van der Waals surface area contributed by atoms with Gasteiger partial charge in [-0.05, 0) is 76.5 Å². The molecule has 12 heteroatoms. The molecule has 0 amide bonds. The van der Waals surface area contributed by atoms with Crippen molar-refractivity contribution in [2.75, 3.05) is 49.5 Å². The Morgan fingerprint density at radius 3 is 2.00 bits per heavy atom. The number of rotatable bonds is 8. The minimum absolute atomic E-state index is 0. The van der Waals surface area contributed by atoms with Gasteiger partial charge in [-0.25, -0.2) is 0 Å². The van der Waals surface area contributed by atoms with Gasteiger partial charge in [-0.15, -0.1) is 24.8 Å². The van der Waals surface area contributed by atoms with Crippen molar-refractivity contribution in [3.05, 3.63) is 95.9 Å². The molecule has 8 rings (SSSR count). The van der Waals surface area contributed by atoms with Gasteiger partial charge >= 0.3 is 0 Å². The quantitative estimate of drug-likeness (QED) is 0.145. The number of ether oxygens (including phenoxy) is 8. The minimum atomic E-state index is 0. The lowest BCUT2D eigenvalue weighted by atomic mass is 9.95. The van der Waals surface area contributed by atoms with Crippen molar-refractivity contribution >= 4 is 46.4 Å². The normalized spacial score (nSPS) is 11.9. The fraction of sp³-hybridized carbons (Fsp3) is 0.250. The van der Waals surface area contributed by atoms with Gasteiger partial charge in [-0.1, -0.05) is 6.07 Å². The van der Waals surface area contributed by atoms with Crippen LogP contribution in [0.15, 0.2) is 79.1 Å². The Kier molecular flexibility index (Phi) is 11.9. The molecule has 0 atom stereocenters. The number of hydrogen-bond donors (Lipinski definition) is 0. The van der Waals surface area contributed by atoms with E-state index in [1.54, 1.807) is 42.7 Å². The van der Waals surface area contributed by atoms with Crippen molar-refractivity contribution in [3.8, 4) is 57.3 Å². The van der Waals surface area contributed by atoms with E-state index in [1.807, 2.05) is 48.7 Å². The number of aryl methyl sites for hydroxylation is 2. The molecule has 0 bridgehead atoms. The predicted octanol–water partition coefficient (Wildman–Crippen LogP) is 7.80. The second kappa shape index (κ2) is 16.4. The summed E-state index contributed by atoms with van der Waals surface area (Å²) in [4.78, 5) is 4.56. The smallest absolute Gasteiger partial charge is 0.231 e. The Morgan fingerprint density at radius 2 is 1.29 bits per heavy atom. The molecule has 2 aliphatic heterocycles. The van der Waals surface area contributed by atoms with Crippen molar-refractivity contribution < 1.29 is 42.5 Å². The number of halogens is 2. The molecule has 4 heterocycles. The van der Waals surface area contributed by atoms with Crippen molar-refractivity contribution in [1.29, 1.82) is 0 Å². The number of aromatic nitrogens is 2. The van der Waals surface area contributed by atoms with Crippen molar-refractivity contribution in [1.82, 2.24) is 4.98 Å². The summed E-state index contributed by atoms with van der Waals surface area (Å²) in [6.07, 6.45) is 5.60. The third-order valence-corrected chi connectivity index (χ3v) is 9.17. The SMILES string of the molecule is COc1ccc(Cc2nccc3cc(OC)c(OC)cc23)cc1OC.COc1ccc2cc3[n+](cc2c1OC)CCc1cc2c(cc1-3)OCO2.Cl.Cl. The van der Waals surface area contributed by atoms with Crippen LogP contribution in [0.2, 0.25) is 0 Å². The van der Waals surface area contributed by atoms with Crippen LogP contribution in [0.5, 0.6) is 46.0 Å². The van der Waals surface area contributed by atoms with Crippen LogP contribution in [0.3, 0.4) is 0 Å². The molecule has 52 heavy (non-hydrogen) atoms. The number of fused-ring (bicyclic) bond motifs is 6. The summed E-state index contributed by atoms with van der Waals surface area (Å²) in [5, 5.41) is 4.27. The molecule has 0 fully saturated rings. The average Bonchev–Trinajstić information content (AvgIpc) is 3.63. The standard InChI is InChI=1S/C20H18NO4.C20H21NO4.2ClH/c1-22-17-4-3-12-7-16-14-9-19-18(24-11-25-19)8-13(14)5-6-21(16)10-15(12)20(17)23-2;1-22-17-6-5-13(10-18(17)23-2)9-16-15-12-20(25-4)19(24-3)11-14(15)7-8-21-16;;/h3-4,7-10H,5-6,11H2,1-2H3;5-8,10-12H,9H2,1-4H3;2*1H/q+1;;;. The zero-order valence-electron chi connectivity index (χ0n) is 29.8. The highest BCUT2D eigenvalue weighted by atomic mass is 35.5. The number of hydrogen-bond acceptors (Lipinski definition) is 9. The first kappa shape index (κ1) is 37.9. The Hall–Kier alpha value is -5.32. The molecule has 0 spiro atoms. The van der Waals surface area contributed by atoms with Gasteiger partial charge in [0.1, 0.15) is 0 Å². The van der Waals surface area contributed by atoms with Crippen LogP contribution in [0.4, 0.5) is 0 Å². The summed E-state index contributed by atoms with van der Waals surface area (Å²) in [5.74, 6) is 6.00. The van der Waals surface area contributed by atoms with E-state index in [9.17, 15) is 0 Å². The van der Waals surface area contributed by atoms with Gasteiger partial charge in [0.05, 0.1) is 59.3 Å². The average molecular weight is 749 g/mol. The van der Waals surface area contributed by atoms with E-state index < -0.39 is 0 Å². The maximum Gasteiger partial charge on any atom is 0.231 e. The van der Waals surface area contributed by atoms with Gasteiger partial charge in [0, 0.05) is 30.5 Å². The monoisotopic (exact) mass is 747 g/mol. The number of pyridine rings is 2. The first-order valence-corrected chi connectivity index (χ1v) is 16.2. The van der Waals surface area contributed by atoms with E-state index in [-0.39, 0.29) is 24.8 Å². The maximum atomic E-state index is 5.60. The zero-order valence-corrected chi connectivity index (χ0v) is 31.4. The molecule has 0 unspecified atom stereocenters. The summed E-state index contributed by atoms with van der Waals surface area (Å²) >= 11 is 0. The molecule has 2 aliphatic rings. The van der Waals surface area contributed by atoms with E-state index >= 15 is 0 Å². The van der Waals surface area contributed by atoms with E-state index in [0.717, 1.165) is 68.8 Å². The van der Waals surface area contributed by atoms with Crippen molar-refractivity contribution in [2.24, 2.45) is 0 Å². The summed E-state index contributed by atoms with van der Waals surface area (Å²) in [7, 11) is 9.87. The summed E-state index contributed by atoms with van der Waals surface area (Å²) in [6, 6.07) is 22.2. The van der Waals surface area contributed by atoms with Crippen LogP contribution in [0, 0.1) is 0 Å². The summed E-state index contributed by atoms with van der Waals surface area (Å²) < 4.78 is 45.9. The van der Waals surface area contributed by atoms with E-state index in [1.165, 1.54) is 16.8 Å². The van der Waals surface area contributed by atoms with Crippen LogP contribution in [0.25, 0.3) is 32.8 Å². The molecule has 0 aliphatic carbocycles. The Balaban J connectivity index is 0.000000194. The number of nitrogens with zero attached hydrogens (tertiary/aromatic N) is 2. The van der Waals surface area contributed by atoms with E-state index in [0.29, 0.717) is 36.2 Å². The zero-order chi connectivity index (χ0) is 34.8. The van der Waals surface area contributed by atoms with Gasteiger partial charge in [-0.3, -0.25) is 4.98 Å². The highest BCUT2D eigenvalue weighted by molar-refractivity contribution is 5.92.